The Bertz CT molecular complexity index is 420. The number of halogens is 2. The van der Waals surface area contributed by atoms with E-state index < -0.39 is 6.55 Å². The second-order valence-electron chi connectivity index (χ2n) is 5.33. The lowest BCUT2D eigenvalue weighted by atomic mass is 9.79. The number of imidazole rings is 1. The van der Waals surface area contributed by atoms with Crippen molar-refractivity contribution in [3.63, 3.8) is 0 Å². The molecule has 1 saturated heterocycles. The molecule has 1 unspecified atom stereocenters. The quantitative estimate of drug-likeness (QED) is 0.841. The molecule has 1 aromatic rings. The zero-order valence-electron chi connectivity index (χ0n) is 10.8. The van der Waals surface area contributed by atoms with Gasteiger partial charge < -0.3 is 4.74 Å². The molecule has 0 aromatic carbocycles. The van der Waals surface area contributed by atoms with E-state index in [1.54, 1.807) is 0 Å². The van der Waals surface area contributed by atoms with Gasteiger partial charge in [0.1, 0.15) is 5.82 Å². The van der Waals surface area contributed by atoms with E-state index >= 15 is 0 Å². The summed E-state index contributed by atoms with van der Waals surface area (Å²) in [7, 11) is 0. The normalized spacial score (nSPS) is 25.7. The molecular weight excluding hydrogens is 252 g/mol. The molecule has 3 rings (SSSR count). The van der Waals surface area contributed by atoms with Crippen LogP contribution in [0, 0.1) is 5.92 Å². The number of aromatic nitrogens is 2. The maximum absolute atomic E-state index is 12.8. The summed E-state index contributed by atoms with van der Waals surface area (Å²) in [6.07, 6.45) is 6.53. The Morgan fingerprint density at radius 3 is 2.95 bits per heavy atom. The second kappa shape index (κ2) is 5.54. The Morgan fingerprint density at radius 2 is 2.26 bits per heavy atom. The number of rotatable bonds is 4. The average molecular weight is 271 g/mol. The van der Waals surface area contributed by atoms with E-state index in [2.05, 4.69) is 9.88 Å². The minimum atomic E-state index is -2.51. The van der Waals surface area contributed by atoms with Crippen LogP contribution in [-0.4, -0.2) is 40.3 Å². The third kappa shape index (κ3) is 2.65. The first-order chi connectivity index (χ1) is 9.25. The predicted molar refractivity (Wildman–Crippen MR) is 65.8 cm³/mol. The molecular formula is C13H19F2N3O. The Morgan fingerprint density at radius 1 is 1.42 bits per heavy atom. The first-order valence-corrected chi connectivity index (χ1v) is 6.87. The van der Waals surface area contributed by atoms with Crippen LogP contribution in [0.25, 0.3) is 0 Å². The number of hydrogen-bond acceptors (Lipinski definition) is 3. The summed E-state index contributed by atoms with van der Waals surface area (Å²) in [5, 5.41) is 0. The van der Waals surface area contributed by atoms with Crippen molar-refractivity contribution in [1.29, 1.82) is 0 Å². The van der Waals surface area contributed by atoms with Gasteiger partial charge in [-0.05, 0) is 18.8 Å². The van der Waals surface area contributed by atoms with Crippen molar-refractivity contribution < 1.29 is 13.5 Å². The molecule has 4 nitrogen and oxygen atoms in total. The van der Waals surface area contributed by atoms with Crippen LogP contribution >= 0.6 is 0 Å². The molecule has 19 heavy (non-hydrogen) atoms. The molecule has 2 fully saturated rings. The fraction of sp³-hybridized carbons (Fsp3) is 0.769. The highest BCUT2D eigenvalue weighted by Crippen LogP contribution is 2.34. The van der Waals surface area contributed by atoms with Gasteiger partial charge in [-0.3, -0.25) is 9.47 Å². The van der Waals surface area contributed by atoms with Gasteiger partial charge in [0, 0.05) is 25.0 Å². The van der Waals surface area contributed by atoms with Crippen molar-refractivity contribution in [2.75, 3.05) is 19.8 Å². The summed E-state index contributed by atoms with van der Waals surface area (Å²) in [5.74, 6) is 1.11. The van der Waals surface area contributed by atoms with Crippen LogP contribution < -0.4 is 0 Å². The van der Waals surface area contributed by atoms with Gasteiger partial charge in [-0.2, -0.15) is 8.78 Å². The highest BCUT2D eigenvalue weighted by Gasteiger charge is 2.34. The number of alkyl halides is 2. The van der Waals surface area contributed by atoms with E-state index in [-0.39, 0.29) is 0 Å². The molecule has 1 aliphatic carbocycles. The van der Waals surface area contributed by atoms with Crippen molar-refractivity contribution in [3.05, 3.63) is 18.2 Å². The third-order valence-electron chi connectivity index (χ3n) is 4.28. The number of morpholine rings is 1. The average Bonchev–Trinajstić information content (AvgIpc) is 2.77. The van der Waals surface area contributed by atoms with E-state index in [1.807, 2.05) is 0 Å². The molecule has 0 bridgehead atoms. The van der Waals surface area contributed by atoms with Crippen molar-refractivity contribution in [2.45, 2.75) is 38.4 Å². The molecule has 2 aliphatic rings. The van der Waals surface area contributed by atoms with Crippen LogP contribution in [0.4, 0.5) is 8.78 Å². The van der Waals surface area contributed by atoms with E-state index in [9.17, 15) is 8.78 Å². The first kappa shape index (κ1) is 13.0. The molecule has 1 aliphatic heterocycles. The number of hydrogen-bond donors (Lipinski definition) is 0. The van der Waals surface area contributed by atoms with Crippen LogP contribution in [0.1, 0.15) is 31.6 Å². The molecule has 0 radical (unpaired) electrons. The van der Waals surface area contributed by atoms with Crippen molar-refractivity contribution in [1.82, 2.24) is 14.5 Å². The zero-order valence-corrected chi connectivity index (χ0v) is 10.8. The van der Waals surface area contributed by atoms with E-state index in [0.29, 0.717) is 30.9 Å². The largest absolute Gasteiger partial charge is 0.378 e. The van der Waals surface area contributed by atoms with Gasteiger partial charge in [0.2, 0.25) is 0 Å². The lowest BCUT2D eigenvalue weighted by molar-refractivity contribution is -0.0513. The SMILES string of the molecule is FC(F)n1ccnc1CN1CCOCC1C1CCC1. The molecule has 1 saturated carbocycles. The van der Waals surface area contributed by atoms with Gasteiger partial charge >= 0.3 is 6.55 Å². The highest BCUT2D eigenvalue weighted by molar-refractivity contribution is 4.96. The van der Waals surface area contributed by atoms with Gasteiger partial charge in [-0.1, -0.05) is 6.42 Å². The Labute approximate surface area is 111 Å². The summed E-state index contributed by atoms with van der Waals surface area (Å²) in [4.78, 5) is 6.33. The van der Waals surface area contributed by atoms with Gasteiger partial charge in [0.05, 0.1) is 19.8 Å². The summed E-state index contributed by atoms with van der Waals surface area (Å²) >= 11 is 0. The van der Waals surface area contributed by atoms with Gasteiger partial charge in [0.15, 0.2) is 0 Å². The molecule has 0 amide bonds. The smallest absolute Gasteiger partial charge is 0.319 e. The standard InChI is InChI=1S/C13H19F2N3O/c14-13(15)18-5-4-16-12(18)8-17-6-7-19-9-11(17)10-2-1-3-10/h4-5,10-11,13H,1-3,6-9H2. The minimum absolute atomic E-state index is 0.366. The van der Waals surface area contributed by atoms with Crippen LogP contribution in [0.3, 0.4) is 0 Å². The summed E-state index contributed by atoms with van der Waals surface area (Å²) in [6.45, 7) is 0.179. The van der Waals surface area contributed by atoms with Gasteiger partial charge in [-0.15, -0.1) is 0 Å². The van der Waals surface area contributed by atoms with E-state index in [0.717, 1.165) is 17.7 Å². The van der Waals surface area contributed by atoms with Crippen molar-refractivity contribution in [3.8, 4) is 0 Å². The van der Waals surface area contributed by atoms with Crippen LogP contribution in [-0.2, 0) is 11.3 Å². The topological polar surface area (TPSA) is 30.3 Å². The minimum Gasteiger partial charge on any atom is -0.378 e. The highest BCUT2D eigenvalue weighted by atomic mass is 19.3. The maximum Gasteiger partial charge on any atom is 0.319 e. The molecule has 1 atom stereocenters. The van der Waals surface area contributed by atoms with Crippen molar-refractivity contribution in [2.24, 2.45) is 5.92 Å². The van der Waals surface area contributed by atoms with Crippen LogP contribution in [0.15, 0.2) is 12.4 Å². The van der Waals surface area contributed by atoms with Crippen LogP contribution in [0.5, 0.6) is 0 Å². The Balaban J connectivity index is 1.70. The lowest BCUT2D eigenvalue weighted by Crippen LogP contribution is -2.50. The Kier molecular flexibility index (Phi) is 3.79. The molecule has 0 N–H and O–H groups in total. The number of nitrogens with zero attached hydrogens (tertiary/aromatic N) is 3. The predicted octanol–water partition coefficient (Wildman–Crippen LogP) is 2.28. The molecule has 106 valence electrons. The van der Waals surface area contributed by atoms with Crippen LogP contribution in [0.2, 0.25) is 0 Å². The fourth-order valence-electron chi connectivity index (χ4n) is 2.94. The lowest BCUT2D eigenvalue weighted by Gasteiger charge is -2.43. The third-order valence-corrected chi connectivity index (χ3v) is 4.28. The molecule has 0 spiro atoms. The van der Waals surface area contributed by atoms with Crippen molar-refractivity contribution >= 4 is 0 Å². The zero-order chi connectivity index (χ0) is 13.2. The fourth-order valence-corrected chi connectivity index (χ4v) is 2.94. The monoisotopic (exact) mass is 271 g/mol. The molecule has 2 heterocycles. The summed E-state index contributed by atoms with van der Waals surface area (Å²) < 4.78 is 32.2. The summed E-state index contributed by atoms with van der Waals surface area (Å²) in [5.41, 5.74) is 0. The second-order valence-corrected chi connectivity index (χ2v) is 5.33. The van der Waals surface area contributed by atoms with Gasteiger partial charge in [-0.25, -0.2) is 4.98 Å². The van der Waals surface area contributed by atoms with Gasteiger partial charge in [0.25, 0.3) is 0 Å². The number of ether oxygens (including phenoxy) is 1. The Hall–Kier alpha value is -1.01. The first-order valence-electron chi connectivity index (χ1n) is 6.87. The summed E-state index contributed by atoms with van der Waals surface area (Å²) in [6, 6.07) is 0.366. The van der Waals surface area contributed by atoms with E-state index in [1.165, 1.54) is 31.7 Å². The molecule has 1 aromatic heterocycles. The maximum atomic E-state index is 12.8. The van der Waals surface area contributed by atoms with E-state index in [4.69, 9.17) is 4.74 Å². The molecule has 6 heteroatoms.